The van der Waals surface area contributed by atoms with Crippen molar-refractivity contribution in [2.24, 2.45) is 17.8 Å². The third-order valence-corrected chi connectivity index (χ3v) is 6.93. The number of carbonyl (C=O) groups is 4. The topological polar surface area (TPSA) is 136 Å². The number of benzene rings is 2. The summed E-state index contributed by atoms with van der Waals surface area (Å²) in [5.74, 6) is -2.80. The number of rotatable bonds is 6. The Morgan fingerprint density at radius 3 is 2.38 bits per heavy atom. The molecule has 3 aliphatic rings. The molecule has 2 heterocycles. The first kappa shape index (κ1) is 24.2. The van der Waals surface area contributed by atoms with E-state index in [4.69, 9.17) is 9.47 Å². The number of imide groups is 1. The SMILES string of the molecule is COc1cc([N+](=O)[O-])ccc1N1C[C@H](C(=O)Oc2cccc(N3C(=O)[C@@H]4CC=CC[C@H]4C3=O)c2)CC1=O. The fourth-order valence-corrected chi connectivity index (χ4v) is 5.04. The molecule has 190 valence electrons. The maximum Gasteiger partial charge on any atom is 0.316 e. The monoisotopic (exact) mass is 505 g/mol. The van der Waals surface area contributed by atoms with Gasteiger partial charge in [0.25, 0.3) is 5.69 Å². The minimum atomic E-state index is -0.792. The molecule has 0 saturated carbocycles. The van der Waals surface area contributed by atoms with Crippen LogP contribution >= 0.6 is 0 Å². The van der Waals surface area contributed by atoms with Gasteiger partial charge in [-0.25, -0.2) is 4.90 Å². The van der Waals surface area contributed by atoms with E-state index in [0.717, 1.165) is 4.90 Å². The van der Waals surface area contributed by atoms with Gasteiger partial charge in [0.1, 0.15) is 11.5 Å². The molecule has 2 aliphatic heterocycles. The second-order valence-electron chi connectivity index (χ2n) is 9.10. The van der Waals surface area contributed by atoms with Crippen molar-refractivity contribution in [1.29, 1.82) is 0 Å². The number of hydrogen-bond donors (Lipinski definition) is 0. The molecule has 0 spiro atoms. The van der Waals surface area contributed by atoms with E-state index < -0.39 is 16.8 Å². The van der Waals surface area contributed by atoms with E-state index in [9.17, 15) is 29.3 Å². The van der Waals surface area contributed by atoms with Crippen LogP contribution in [-0.4, -0.2) is 42.3 Å². The zero-order valence-corrected chi connectivity index (χ0v) is 19.9. The molecule has 0 aromatic heterocycles. The van der Waals surface area contributed by atoms with Crippen LogP contribution in [0.5, 0.6) is 11.5 Å². The smallest absolute Gasteiger partial charge is 0.316 e. The lowest BCUT2D eigenvalue weighted by Gasteiger charge is -2.19. The Morgan fingerprint density at radius 2 is 1.73 bits per heavy atom. The second-order valence-corrected chi connectivity index (χ2v) is 9.10. The maximum atomic E-state index is 12.9. The number of hydrogen-bond acceptors (Lipinski definition) is 8. The summed E-state index contributed by atoms with van der Waals surface area (Å²) in [5.41, 5.74) is 0.459. The number of esters is 1. The Kier molecular flexibility index (Phi) is 6.20. The Morgan fingerprint density at radius 1 is 1.03 bits per heavy atom. The summed E-state index contributed by atoms with van der Waals surface area (Å²) in [6.45, 7) is 0.00495. The van der Waals surface area contributed by atoms with Gasteiger partial charge in [0.05, 0.1) is 47.2 Å². The van der Waals surface area contributed by atoms with E-state index in [2.05, 4.69) is 0 Å². The predicted octanol–water partition coefficient (Wildman–Crippen LogP) is 3.02. The van der Waals surface area contributed by atoms with E-state index >= 15 is 0 Å². The molecule has 3 amide bonds. The minimum Gasteiger partial charge on any atom is -0.494 e. The molecule has 0 N–H and O–H groups in total. The van der Waals surface area contributed by atoms with Gasteiger partial charge >= 0.3 is 5.97 Å². The first-order valence-electron chi connectivity index (χ1n) is 11.8. The van der Waals surface area contributed by atoms with Gasteiger partial charge in [0.15, 0.2) is 0 Å². The number of amides is 3. The van der Waals surface area contributed by atoms with Crippen molar-refractivity contribution < 1.29 is 33.6 Å². The Balaban J connectivity index is 1.30. The van der Waals surface area contributed by atoms with Crippen molar-refractivity contribution in [3.8, 4) is 11.5 Å². The van der Waals surface area contributed by atoms with Crippen molar-refractivity contribution in [1.82, 2.24) is 0 Å². The Bertz CT molecular complexity index is 1330. The van der Waals surface area contributed by atoms with Gasteiger partial charge in [0, 0.05) is 25.1 Å². The summed E-state index contributed by atoms with van der Waals surface area (Å²) in [6.07, 6.45) is 4.75. The molecule has 0 radical (unpaired) electrons. The Labute approximate surface area is 211 Å². The van der Waals surface area contributed by atoms with Crippen LogP contribution in [0.3, 0.4) is 0 Å². The standard InChI is InChI=1S/C26H23N3O8/c1-36-22-13-17(29(34)35)9-10-21(22)27-14-15(11-23(27)30)26(33)37-18-6-4-5-16(12-18)28-24(31)19-7-2-3-8-20(19)25(28)32/h2-6,9-10,12-13,15,19-20H,7-8,11,14H2,1H3/t15-,19-,20-/m1/s1. The highest BCUT2D eigenvalue weighted by atomic mass is 16.6. The van der Waals surface area contributed by atoms with Gasteiger partial charge in [-0.1, -0.05) is 18.2 Å². The summed E-state index contributed by atoms with van der Waals surface area (Å²) in [6, 6.07) is 10.1. The highest BCUT2D eigenvalue weighted by Crippen LogP contribution is 2.39. The van der Waals surface area contributed by atoms with Crippen LogP contribution in [0.4, 0.5) is 17.1 Å². The van der Waals surface area contributed by atoms with Gasteiger partial charge in [-0.15, -0.1) is 0 Å². The van der Waals surface area contributed by atoms with Gasteiger partial charge in [-0.05, 0) is 31.0 Å². The van der Waals surface area contributed by atoms with E-state index in [1.54, 1.807) is 12.1 Å². The number of nitro groups is 1. The van der Waals surface area contributed by atoms with E-state index in [1.165, 1.54) is 42.3 Å². The van der Waals surface area contributed by atoms with Crippen molar-refractivity contribution in [2.45, 2.75) is 19.3 Å². The molecule has 1 aliphatic carbocycles. The third kappa shape index (κ3) is 4.32. The number of nitro benzene ring substituents is 1. The molecule has 2 saturated heterocycles. The predicted molar refractivity (Wildman–Crippen MR) is 130 cm³/mol. The van der Waals surface area contributed by atoms with Crippen LogP contribution in [0.2, 0.25) is 0 Å². The molecule has 3 atom stereocenters. The van der Waals surface area contributed by atoms with E-state index in [1.807, 2.05) is 12.2 Å². The van der Waals surface area contributed by atoms with Gasteiger partial charge in [0.2, 0.25) is 17.7 Å². The van der Waals surface area contributed by atoms with E-state index in [-0.39, 0.29) is 59.7 Å². The molecular weight excluding hydrogens is 482 g/mol. The molecule has 2 aromatic rings. The zero-order chi connectivity index (χ0) is 26.3. The highest BCUT2D eigenvalue weighted by Gasteiger charge is 2.48. The quantitative estimate of drug-likeness (QED) is 0.146. The molecule has 2 aromatic carbocycles. The van der Waals surface area contributed by atoms with Crippen LogP contribution in [0.1, 0.15) is 19.3 Å². The van der Waals surface area contributed by atoms with Crippen LogP contribution < -0.4 is 19.3 Å². The highest BCUT2D eigenvalue weighted by molar-refractivity contribution is 6.22. The van der Waals surface area contributed by atoms with Crippen molar-refractivity contribution >= 4 is 40.8 Å². The Hall–Kier alpha value is -4.54. The lowest BCUT2D eigenvalue weighted by molar-refractivity contribution is -0.384. The summed E-state index contributed by atoms with van der Waals surface area (Å²) in [5, 5.41) is 11.1. The number of fused-ring (bicyclic) bond motifs is 1. The van der Waals surface area contributed by atoms with Crippen molar-refractivity contribution in [2.75, 3.05) is 23.5 Å². The van der Waals surface area contributed by atoms with E-state index in [0.29, 0.717) is 24.2 Å². The summed E-state index contributed by atoms with van der Waals surface area (Å²) < 4.78 is 10.8. The number of ether oxygens (including phenoxy) is 2. The van der Waals surface area contributed by atoms with Crippen LogP contribution in [0, 0.1) is 27.9 Å². The number of methoxy groups -OCH3 is 1. The van der Waals surface area contributed by atoms with Crippen molar-refractivity contribution in [3.05, 3.63) is 64.7 Å². The summed E-state index contributed by atoms with van der Waals surface area (Å²) in [7, 11) is 1.34. The van der Waals surface area contributed by atoms with Gasteiger partial charge < -0.3 is 14.4 Å². The summed E-state index contributed by atoms with van der Waals surface area (Å²) >= 11 is 0. The number of carbonyl (C=O) groups excluding carboxylic acids is 4. The second kappa shape index (κ2) is 9.49. The molecular formula is C26H23N3O8. The van der Waals surface area contributed by atoms with Crippen LogP contribution in [0.25, 0.3) is 0 Å². The van der Waals surface area contributed by atoms with Gasteiger partial charge in [-0.2, -0.15) is 0 Å². The third-order valence-electron chi connectivity index (χ3n) is 6.93. The number of nitrogens with zero attached hydrogens (tertiary/aromatic N) is 3. The lowest BCUT2D eigenvalue weighted by atomic mass is 9.85. The largest absolute Gasteiger partial charge is 0.494 e. The molecule has 0 unspecified atom stereocenters. The molecule has 2 fully saturated rings. The molecule has 0 bridgehead atoms. The molecule has 11 nitrogen and oxygen atoms in total. The minimum absolute atomic E-state index is 0.00495. The fraction of sp³-hybridized carbons (Fsp3) is 0.308. The lowest BCUT2D eigenvalue weighted by Crippen LogP contribution is -2.31. The summed E-state index contributed by atoms with van der Waals surface area (Å²) in [4.78, 5) is 64.4. The molecule has 11 heteroatoms. The number of allylic oxidation sites excluding steroid dienone is 2. The first-order chi connectivity index (χ1) is 17.8. The fourth-order valence-electron chi connectivity index (χ4n) is 5.04. The number of non-ortho nitro benzene ring substituents is 1. The number of anilines is 2. The average Bonchev–Trinajstić information content (AvgIpc) is 3.41. The van der Waals surface area contributed by atoms with Crippen LogP contribution in [0.15, 0.2) is 54.6 Å². The van der Waals surface area contributed by atoms with Gasteiger partial charge in [-0.3, -0.25) is 29.3 Å². The average molecular weight is 505 g/mol. The maximum absolute atomic E-state index is 12.9. The first-order valence-corrected chi connectivity index (χ1v) is 11.8. The van der Waals surface area contributed by atoms with Crippen LogP contribution in [-0.2, 0) is 19.2 Å². The zero-order valence-electron chi connectivity index (χ0n) is 19.9. The molecule has 37 heavy (non-hydrogen) atoms. The van der Waals surface area contributed by atoms with Crippen molar-refractivity contribution in [3.63, 3.8) is 0 Å². The molecule has 5 rings (SSSR count). The normalized spacial score (nSPS) is 22.8.